The van der Waals surface area contributed by atoms with Gasteiger partial charge in [0.25, 0.3) is 0 Å². The fourth-order valence-electron chi connectivity index (χ4n) is 1.35. The van der Waals surface area contributed by atoms with E-state index in [1.807, 2.05) is 0 Å². The Kier molecular flexibility index (Phi) is 2.92. The molecule has 0 saturated carbocycles. The average molecular weight is 249 g/mol. The molecule has 0 aliphatic carbocycles. The predicted molar refractivity (Wildman–Crippen MR) is 62.0 cm³/mol. The summed E-state index contributed by atoms with van der Waals surface area (Å²) in [5.74, 6) is 0.436. The molecule has 0 aliphatic rings. The van der Waals surface area contributed by atoms with Gasteiger partial charge >= 0.3 is 16.9 Å². The van der Waals surface area contributed by atoms with Crippen molar-refractivity contribution in [1.82, 2.24) is 9.97 Å². The number of nitrogens with one attached hydrogen (secondary N) is 2. The minimum absolute atomic E-state index is 0.190. The van der Waals surface area contributed by atoms with Gasteiger partial charge in [0.15, 0.2) is 0 Å². The minimum atomic E-state index is -1.05. The Morgan fingerprint density at radius 3 is 2.67 bits per heavy atom. The average Bonchev–Trinajstić information content (AvgIpc) is 2.77. The summed E-state index contributed by atoms with van der Waals surface area (Å²) in [6.07, 6.45) is 4.06. The van der Waals surface area contributed by atoms with Crippen molar-refractivity contribution in [1.29, 1.82) is 0 Å². The summed E-state index contributed by atoms with van der Waals surface area (Å²) in [5, 5.41) is 10.7. The number of nitro groups is 1. The Morgan fingerprint density at radius 2 is 2.06 bits per heavy atom. The van der Waals surface area contributed by atoms with Gasteiger partial charge in [-0.1, -0.05) is 0 Å². The second kappa shape index (κ2) is 4.53. The van der Waals surface area contributed by atoms with Gasteiger partial charge < -0.3 is 9.40 Å². The number of aromatic amines is 2. The van der Waals surface area contributed by atoms with Crippen LogP contribution < -0.4 is 11.2 Å². The zero-order chi connectivity index (χ0) is 13.1. The van der Waals surface area contributed by atoms with Crippen molar-refractivity contribution in [2.75, 3.05) is 0 Å². The van der Waals surface area contributed by atoms with Crippen LogP contribution in [0.1, 0.15) is 11.5 Å². The molecule has 8 nitrogen and oxygen atoms in total. The van der Waals surface area contributed by atoms with E-state index in [-0.39, 0.29) is 5.69 Å². The Balaban J connectivity index is 2.53. The lowest BCUT2D eigenvalue weighted by Gasteiger charge is -1.95. The van der Waals surface area contributed by atoms with Gasteiger partial charge in [0, 0.05) is 0 Å². The summed E-state index contributed by atoms with van der Waals surface area (Å²) in [5.41, 5.74) is -2.78. The van der Waals surface area contributed by atoms with Crippen molar-refractivity contribution in [2.24, 2.45) is 0 Å². The molecule has 0 aromatic carbocycles. The molecule has 0 saturated heterocycles. The molecule has 8 heteroatoms. The predicted octanol–water partition coefficient (Wildman–Crippen LogP) is 0.735. The van der Waals surface area contributed by atoms with E-state index in [4.69, 9.17) is 4.42 Å². The molecule has 0 amide bonds. The van der Waals surface area contributed by atoms with Crippen LogP contribution in [-0.2, 0) is 0 Å². The molecule has 2 rings (SSSR count). The van der Waals surface area contributed by atoms with Crippen molar-refractivity contribution in [3.63, 3.8) is 0 Å². The molecule has 2 N–H and O–H groups in total. The molecule has 0 fully saturated rings. The standard InChI is InChI=1S/C10H7N3O5/c14-9-8(13(16)17)7(11-10(15)12-9)4-3-6-2-1-5-18-6/h1-5H,(H2,11,12,14,15)/b4-3+. The van der Waals surface area contributed by atoms with Crippen molar-refractivity contribution in [3.8, 4) is 0 Å². The first-order chi connectivity index (χ1) is 8.58. The molecule has 2 heterocycles. The van der Waals surface area contributed by atoms with Gasteiger partial charge in [-0.2, -0.15) is 0 Å². The van der Waals surface area contributed by atoms with Gasteiger partial charge in [0.05, 0.1) is 11.2 Å². The Bertz CT molecular complexity index is 708. The van der Waals surface area contributed by atoms with Crippen molar-refractivity contribution in [2.45, 2.75) is 0 Å². The number of aromatic nitrogens is 2. The lowest BCUT2D eigenvalue weighted by molar-refractivity contribution is -0.386. The summed E-state index contributed by atoms with van der Waals surface area (Å²) in [7, 11) is 0. The molecule has 0 radical (unpaired) electrons. The Morgan fingerprint density at radius 1 is 1.28 bits per heavy atom. The maximum Gasteiger partial charge on any atom is 0.357 e. The first-order valence-electron chi connectivity index (χ1n) is 4.80. The summed E-state index contributed by atoms with van der Waals surface area (Å²) in [4.78, 5) is 36.2. The summed E-state index contributed by atoms with van der Waals surface area (Å²) in [6.45, 7) is 0. The molecule has 92 valence electrons. The molecule has 0 aliphatic heterocycles. The number of hydrogen-bond donors (Lipinski definition) is 2. The van der Waals surface area contributed by atoms with Crippen LogP contribution in [0.5, 0.6) is 0 Å². The van der Waals surface area contributed by atoms with Crippen LogP contribution in [0.4, 0.5) is 5.69 Å². The zero-order valence-electron chi connectivity index (χ0n) is 8.88. The first kappa shape index (κ1) is 11.6. The van der Waals surface area contributed by atoms with Crippen LogP contribution in [0.2, 0.25) is 0 Å². The quantitative estimate of drug-likeness (QED) is 0.613. The smallest absolute Gasteiger partial charge is 0.357 e. The number of H-pyrrole nitrogens is 2. The molecular weight excluding hydrogens is 242 g/mol. The summed E-state index contributed by atoms with van der Waals surface area (Å²) in [6, 6.07) is 3.25. The van der Waals surface area contributed by atoms with E-state index >= 15 is 0 Å². The van der Waals surface area contributed by atoms with Crippen LogP contribution in [0.25, 0.3) is 12.2 Å². The van der Waals surface area contributed by atoms with Gasteiger partial charge in [-0.25, -0.2) is 4.79 Å². The minimum Gasteiger partial charge on any atom is -0.465 e. The summed E-state index contributed by atoms with van der Waals surface area (Å²) >= 11 is 0. The number of furan rings is 1. The van der Waals surface area contributed by atoms with Crippen LogP contribution in [0.15, 0.2) is 32.4 Å². The van der Waals surface area contributed by atoms with E-state index < -0.39 is 21.9 Å². The van der Waals surface area contributed by atoms with Gasteiger partial charge in [0.2, 0.25) is 0 Å². The van der Waals surface area contributed by atoms with Crippen LogP contribution in [0, 0.1) is 10.1 Å². The fourth-order valence-corrected chi connectivity index (χ4v) is 1.35. The highest BCUT2D eigenvalue weighted by Crippen LogP contribution is 2.12. The zero-order valence-corrected chi connectivity index (χ0v) is 8.88. The number of rotatable bonds is 3. The highest BCUT2D eigenvalue weighted by molar-refractivity contribution is 5.69. The lowest BCUT2D eigenvalue weighted by atomic mass is 10.3. The van der Waals surface area contributed by atoms with Crippen LogP contribution >= 0.6 is 0 Å². The van der Waals surface area contributed by atoms with Crippen LogP contribution in [-0.4, -0.2) is 14.9 Å². The third-order valence-corrected chi connectivity index (χ3v) is 2.09. The second-order valence-corrected chi connectivity index (χ2v) is 3.28. The maximum atomic E-state index is 11.3. The van der Waals surface area contributed by atoms with E-state index in [2.05, 4.69) is 4.98 Å². The van der Waals surface area contributed by atoms with E-state index in [1.165, 1.54) is 18.4 Å². The molecule has 0 bridgehead atoms. The van der Waals surface area contributed by atoms with Gasteiger partial charge in [-0.3, -0.25) is 19.9 Å². The van der Waals surface area contributed by atoms with Gasteiger partial charge in [-0.15, -0.1) is 0 Å². The summed E-state index contributed by atoms with van der Waals surface area (Å²) < 4.78 is 4.98. The molecule has 0 unspecified atom stereocenters. The third-order valence-electron chi connectivity index (χ3n) is 2.09. The first-order valence-corrected chi connectivity index (χ1v) is 4.80. The molecule has 0 spiro atoms. The molecular formula is C10H7N3O5. The van der Waals surface area contributed by atoms with E-state index in [0.29, 0.717) is 5.76 Å². The number of nitrogens with zero attached hydrogens (tertiary/aromatic N) is 1. The Hall–Kier alpha value is -2.90. The molecule has 2 aromatic heterocycles. The van der Waals surface area contributed by atoms with Crippen molar-refractivity contribution < 1.29 is 9.34 Å². The van der Waals surface area contributed by atoms with Gasteiger partial charge in [0.1, 0.15) is 11.5 Å². The number of hydrogen-bond acceptors (Lipinski definition) is 5. The largest absolute Gasteiger partial charge is 0.465 e. The molecule has 0 atom stereocenters. The maximum absolute atomic E-state index is 11.3. The molecule has 2 aromatic rings. The van der Waals surface area contributed by atoms with E-state index in [9.17, 15) is 19.7 Å². The van der Waals surface area contributed by atoms with Crippen LogP contribution in [0.3, 0.4) is 0 Å². The SMILES string of the molecule is O=c1[nH]c(/C=C/c2ccco2)c([N+](=O)[O-])c(=O)[nH]1. The van der Waals surface area contributed by atoms with Crippen molar-refractivity contribution in [3.05, 3.63) is 60.8 Å². The third kappa shape index (κ3) is 2.26. The van der Waals surface area contributed by atoms with Gasteiger partial charge in [-0.05, 0) is 24.3 Å². The fraction of sp³-hybridized carbons (Fsp3) is 0. The lowest BCUT2D eigenvalue weighted by Crippen LogP contribution is -2.25. The second-order valence-electron chi connectivity index (χ2n) is 3.28. The monoisotopic (exact) mass is 249 g/mol. The Labute approximate surface area is 98.7 Å². The topological polar surface area (TPSA) is 122 Å². The van der Waals surface area contributed by atoms with E-state index in [1.54, 1.807) is 17.1 Å². The highest BCUT2D eigenvalue weighted by Gasteiger charge is 2.18. The normalized spacial score (nSPS) is 10.9. The van der Waals surface area contributed by atoms with Crippen molar-refractivity contribution >= 4 is 17.8 Å². The van der Waals surface area contributed by atoms with E-state index in [0.717, 1.165) is 0 Å². The highest BCUT2D eigenvalue weighted by atomic mass is 16.6. The molecule has 18 heavy (non-hydrogen) atoms.